The number of nitrogens with zero attached hydrogens (tertiary/aromatic N) is 2. The number of anilines is 2. The van der Waals surface area contributed by atoms with Crippen molar-refractivity contribution >= 4 is 17.4 Å². The van der Waals surface area contributed by atoms with Crippen LogP contribution in [0.2, 0.25) is 0 Å². The summed E-state index contributed by atoms with van der Waals surface area (Å²) in [5, 5.41) is 0. The lowest BCUT2D eigenvalue weighted by molar-refractivity contribution is -0.118. The molecule has 0 bridgehead atoms. The standard InChI is InChI=1S/C24H28N4O4/c1-3-4-14-27(20(29)15-17-10-12-19(32-2)13-11-17)21-22(25)28(24(31)26-23(21)30)16-18-8-6-5-7-9-18/h5-13H,3-4,14-16,25H2,1-2H3,(H,26,30,31). The molecule has 0 aliphatic carbocycles. The van der Waals surface area contributed by atoms with E-state index in [-0.39, 0.29) is 30.4 Å². The number of rotatable bonds is 9. The normalized spacial score (nSPS) is 10.7. The van der Waals surface area contributed by atoms with Crippen molar-refractivity contribution in [3.63, 3.8) is 0 Å². The lowest BCUT2D eigenvalue weighted by Gasteiger charge is -2.24. The molecule has 3 aromatic rings. The number of hydrogen-bond acceptors (Lipinski definition) is 5. The number of nitrogen functional groups attached to an aromatic ring is 1. The maximum Gasteiger partial charge on any atom is 0.330 e. The highest BCUT2D eigenvalue weighted by Gasteiger charge is 2.24. The Bertz CT molecular complexity index is 1170. The fourth-order valence-electron chi connectivity index (χ4n) is 3.45. The average Bonchev–Trinajstić information content (AvgIpc) is 2.79. The van der Waals surface area contributed by atoms with Crippen LogP contribution in [0.4, 0.5) is 11.5 Å². The van der Waals surface area contributed by atoms with Gasteiger partial charge < -0.3 is 15.4 Å². The molecule has 0 atom stereocenters. The van der Waals surface area contributed by atoms with Crippen LogP contribution in [-0.2, 0) is 17.8 Å². The molecule has 2 aromatic carbocycles. The summed E-state index contributed by atoms with van der Waals surface area (Å²) < 4.78 is 6.44. The molecule has 1 heterocycles. The molecule has 0 radical (unpaired) electrons. The fraction of sp³-hybridized carbons (Fsp3) is 0.292. The summed E-state index contributed by atoms with van der Waals surface area (Å²) in [7, 11) is 1.58. The van der Waals surface area contributed by atoms with Gasteiger partial charge in [-0.2, -0.15) is 0 Å². The maximum atomic E-state index is 13.2. The van der Waals surface area contributed by atoms with E-state index in [9.17, 15) is 14.4 Å². The van der Waals surface area contributed by atoms with Crippen molar-refractivity contribution in [1.82, 2.24) is 9.55 Å². The molecule has 3 rings (SSSR count). The Morgan fingerprint density at radius 2 is 1.75 bits per heavy atom. The topological polar surface area (TPSA) is 110 Å². The number of carbonyl (C=O) groups excluding carboxylic acids is 1. The predicted octanol–water partition coefficient (Wildman–Crippen LogP) is 2.55. The molecule has 0 spiro atoms. The van der Waals surface area contributed by atoms with Crippen molar-refractivity contribution in [2.75, 3.05) is 24.3 Å². The summed E-state index contributed by atoms with van der Waals surface area (Å²) in [5.41, 5.74) is 6.66. The van der Waals surface area contributed by atoms with Gasteiger partial charge in [-0.15, -0.1) is 0 Å². The summed E-state index contributed by atoms with van der Waals surface area (Å²) in [4.78, 5) is 42.2. The van der Waals surface area contributed by atoms with Gasteiger partial charge in [0.2, 0.25) is 5.91 Å². The van der Waals surface area contributed by atoms with Crippen LogP contribution in [0, 0.1) is 0 Å². The Balaban J connectivity index is 1.98. The zero-order valence-electron chi connectivity index (χ0n) is 18.3. The minimum absolute atomic E-state index is 0.00694. The van der Waals surface area contributed by atoms with Gasteiger partial charge in [-0.05, 0) is 29.7 Å². The summed E-state index contributed by atoms with van der Waals surface area (Å²) in [6, 6.07) is 16.5. The molecule has 1 aromatic heterocycles. The Hall–Kier alpha value is -3.81. The Morgan fingerprint density at radius 3 is 2.38 bits per heavy atom. The molecule has 0 aliphatic rings. The highest BCUT2D eigenvalue weighted by molar-refractivity contribution is 5.96. The van der Waals surface area contributed by atoms with Crippen LogP contribution in [0.1, 0.15) is 30.9 Å². The van der Waals surface area contributed by atoms with Crippen LogP contribution < -0.4 is 26.6 Å². The highest BCUT2D eigenvalue weighted by Crippen LogP contribution is 2.20. The van der Waals surface area contributed by atoms with Gasteiger partial charge in [0.05, 0.1) is 20.1 Å². The zero-order valence-corrected chi connectivity index (χ0v) is 18.3. The van der Waals surface area contributed by atoms with Crippen LogP contribution in [0.3, 0.4) is 0 Å². The Labute approximate surface area is 186 Å². The molecule has 8 heteroatoms. The first-order chi connectivity index (χ1) is 15.4. The van der Waals surface area contributed by atoms with Crippen molar-refractivity contribution < 1.29 is 9.53 Å². The Morgan fingerprint density at radius 1 is 1.06 bits per heavy atom. The lowest BCUT2D eigenvalue weighted by atomic mass is 10.1. The lowest BCUT2D eigenvalue weighted by Crippen LogP contribution is -2.42. The molecule has 8 nitrogen and oxygen atoms in total. The molecule has 0 unspecified atom stereocenters. The third kappa shape index (κ3) is 5.26. The molecule has 1 amide bonds. The number of hydrogen-bond donors (Lipinski definition) is 2. The second kappa shape index (κ2) is 10.5. The Kier molecular flexibility index (Phi) is 7.49. The largest absolute Gasteiger partial charge is 0.497 e. The summed E-state index contributed by atoms with van der Waals surface area (Å²) in [6.07, 6.45) is 1.60. The van der Waals surface area contributed by atoms with Crippen molar-refractivity contribution in [2.24, 2.45) is 0 Å². The first-order valence-corrected chi connectivity index (χ1v) is 10.5. The van der Waals surface area contributed by atoms with Gasteiger partial charge in [0, 0.05) is 6.54 Å². The summed E-state index contributed by atoms with van der Waals surface area (Å²) in [6.45, 7) is 2.50. The third-order valence-corrected chi connectivity index (χ3v) is 5.22. The quantitative estimate of drug-likeness (QED) is 0.536. The van der Waals surface area contributed by atoms with Crippen LogP contribution in [0.25, 0.3) is 0 Å². The van der Waals surface area contributed by atoms with Crippen molar-refractivity contribution in [1.29, 1.82) is 0 Å². The van der Waals surface area contributed by atoms with Crippen LogP contribution in [0.15, 0.2) is 64.2 Å². The van der Waals surface area contributed by atoms with Gasteiger partial charge in [-0.1, -0.05) is 55.8 Å². The summed E-state index contributed by atoms with van der Waals surface area (Å²) >= 11 is 0. The smallest absolute Gasteiger partial charge is 0.330 e. The van der Waals surface area contributed by atoms with Gasteiger partial charge >= 0.3 is 5.69 Å². The fourth-order valence-corrected chi connectivity index (χ4v) is 3.45. The second-order valence-electron chi connectivity index (χ2n) is 7.49. The molecule has 3 N–H and O–H groups in total. The van der Waals surface area contributed by atoms with Gasteiger partial charge in [0.1, 0.15) is 11.6 Å². The van der Waals surface area contributed by atoms with Crippen molar-refractivity contribution in [3.05, 3.63) is 86.6 Å². The van der Waals surface area contributed by atoms with Gasteiger partial charge in [-0.3, -0.25) is 19.1 Å². The van der Waals surface area contributed by atoms with Gasteiger partial charge in [0.25, 0.3) is 5.56 Å². The van der Waals surface area contributed by atoms with E-state index in [1.165, 1.54) is 9.47 Å². The second-order valence-corrected chi connectivity index (χ2v) is 7.49. The van der Waals surface area contributed by atoms with Crippen molar-refractivity contribution in [3.8, 4) is 5.75 Å². The number of amides is 1. The third-order valence-electron chi connectivity index (χ3n) is 5.22. The molecular formula is C24H28N4O4. The van der Waals surface area contributed by atoms with Crippen LogP contribution >= 0.6 is 0 Å². The van der Waals surface area contributed by atoms with Crippen LogP contribution in [0.5, 0.6) is 5.75 Å². The van der Waals surface area contributed by atoms with Gasteiger partial charge in [0.15, 0.2) is 5.69 Å². The first-order valence-electron chi connectivity index (χ1n) is 10.5. The number of ether oxygens (including phenoxy) is 1. The molecule has 168 valence electrons. The predicted molar refractivity (Wildman–Crippen MR) is 125 cm³/mol. The number of carbonyl (C=O) groups is 1. The van der Waals surface area contributed by atoms with Crippen molar-refractivity contribution in [2.45, 2.75) is 32.7 Å². The van der Waals surface area contributed by atoms with E-state index < -0.39 is 11.2 Å². The minimum Gasteiger partial charge on any atom is -0.497 e. The first kappa shape index (κ1) is 22.9. The number of aromatic nitrogens is 2. The molecular weight excluding hydrogens is 408 g/mol. The number of benzene rings is 2. The number of unbranched alkanes of at least 4 members (excludes halogenated alkanes) is 1. The van der Waals surface area contributed by atoms with Crippen LogP contribution in [-0.4, -0.2) is 29.1 Å². The van der Waals surface area contributed by atoms with E-state index in [0.29, 0.717) is 18.7 Å². The van der Waals surface area contributed by atoms with E-state index in [0.717, 1.165) is 17.5 Å². The van der Waals surface area contributed by atoms with E-state index >= 15 is 0 Å². The molecule has 0 fully saturated rings. The number of H-pyrrole nitrogens is 1. The highest BCUT2D eigenvalue weighted by atomic mass is 16.5. The van der Waals surface area contributed by atoms with E-state index in [2.05, 4.69) is 4.98 Å². The minimum atomic E-state index is -0.670. The van der Waals surface area contributed by atoms with E-state index in [4.69, 9.17) is 10.5 Å². The molecule has 0 aliphatic heterocycles. The average molecular weight is 437 g/mol. The summed E-state index contributed by atoms with van der Waals surface area (Å²) in [5.74, 6) is 0.394. The SMILES string of the molecule is CCCCN(C(=O)Cc1ccc(OC)cc1)c1c(N)n(Cc2ccccc2)c(=O)[nH]c1=O. The number of methoxy groups -OCH3 is 1. The maximum absolute atomic E-state index is 13.2. The molecule has 32 heavy (non-hydrogen) atoms. The molecule has 0 saturated heterocycles. The molecule has 0 saturated carbocycles. The number of nitrogens with one attached hydrogen (secondary N) is 1. The van der Waals surface area contributed by atoms with E-state index in [1.54, 1.807) is 31.4 Å². The van der Waals surface area contributed by atoms with E-state index in [1.807, 2.05) is 37.3 Å². The zero-order chi connectivity index (χ0) is 23.1. The monoisotopic (exact) mass is 436 g/mol. The number of nitrogens with two attached hydrogens (primary N) is 1. The van der Waals surface area contributed by atoms with Gasteiger partial charge in [-0.25, -0.2) is 4.79 Å². The number of aromatic amines is 1.